The minimum absolute atomic E-state index is 0.104. The van der Waals surface area contributed by atoms with Crippen molar-refractivity contribution in [3.05, 3.63) is 70.1 Å². The van der Waals surface area contributed by atoms with Crippen LogP contribution in [-0.2, 0) is 6.18 Å². The average Bonchev–Trinajstić information content (AvgIpc) is 2.93. The lowest BCUT2D eigenvalue weighted by atomic mass is 10.0. The molecular weight excluding hydrogens is 549 g/mol. The molecule has 1 aliphatic rings. The number of alkyl halides is 3. The minimum atomic E-state index is -4.53. The van der Waals surface area contributed by atoms with Gasteiger partial charge in [0.05, 0.1) is 5.56 Å². The summed E-state index contributed by atoms with van der Waals surface area (Å²) in [6.45, 7) is 8.00. The average molecular weight is 583 g/mol. The summed E-state index contributed by atoms with van der Waals surface area (Å²) >= 11 is 0. The molecule has 1 aliphatic heterocycles. The molecule has 2 aromatic carbocycles. The first-order valence-corrected chi connectivity index (χ1v) is 15.2. The molecule has 2 aromatic heterocycles. The van der Waals surface area contributed by atoms with Crippen LogP contribution < -0.4 is 21.1 Å². The highest BCUT2D eigenvalue weighted by Crippen LogP contribution is 2.39. The van der Waals surface area contributed by atoms with E-state index in [1.54, 1.807) is 27.8 Å². The van der Waals surface area contributed by atoms with Gasteiger partial charge >= 0.3 is 6.18 Å². The van der Waals surface area contributed by atoms with E-state index in [-0.39, 0.29) is 39.4 Å². The number of benzene rings is 2. The van der Waals surface area contributed by atoms with Gasteiger partial charge in [0.2, 0.25) is 5.95 Å². The normalized spacial score (nSPS) is 15.0. The summed E-state index contributed by atoms with van der Waals surface area (Å²) < 4.78 is 43.8. The van der Waals surface area contributed by atoms with Gasteiger partial charge in [0.1, 0.15) is 5.65 Å². The number of pyridine rings is 1. The molecule has 1 fully saturated rings. The molecule has 4 aromatic rings. The summed E-state index contributed by atoms with van der Waals surface area (Å²) in [6, 6.07) is 11.8. The first-order valence-electron chi connectivity index (χ1n) is 13.4. The first kappa shape index (κ1) is 28.8. The molecule has 11 heteroatoms. The van der Waals surface area contributed by atoms with Crippen molar-refractivity contribution in [3.63, 3.8) is 0 Å². The topological polar surface area (TPSA) is 75.1 Å². The molecule has 216 valence electrons. The number of rotatable bonds is 6. The van der Waals surface area contributed by atoms with Crippen molar-refractivity contribution in [2.45, 2.75) is 37.9 Å². The number of nitrogens with zero attached hydrogens (tertiary/aromatic N) is 4. The van der Waals surface area contributed by atoms with Gasteiger partial charge in [0.15, 0.2) is 0 Å². The Bertz CT molecular complexity index is 1690. The van der Waals surface area contributed by atoms with Crippen molar-refractivity contribution in [2.75, 3.05) is 42.7 Å². The number of halogens is 3. The van der Waals surface area contributed by atoms with Gasteiger partial charge in [-0.1, -0.05) is 11.9 Å². The highest BCUT2D eigenvalue weighted by atomic mass is 32.2. The Morgan fingerprint density at radius 3 is 2.46 bits per heavy atom. The van der Waals surface area contributed by atoms with Crippen LogP contribution in [0.1, 0.15) is 31.0 Å². The number of nitrogens with one attached hydrogen (secondary N) is 2. The van der Waals surface area contributed by atoms with Crippen molar-refractivity contribution >= 4 is 44.7 Å². The molecule has 5 rings (SSSR count). The van der Waals surface area contributed by atoms with Crippen LogP contribution in [0.3, 0.4) is 0 Å². The monoisotopic (exact) mass is 582 g/mol. The quantitative estimate of drug-likeness (QED) is 0.264. The summed E-state index contributed by atoms with van der Waals surface area (Å²) in [6.07, 6.45) is -0.907. The van der Waals surface area contributed by atoms with E-state index in [4.69, 9.17) is 0 Å². The molecule has 1 saturated heterocycles. The van der Waals surface area contributed by atoms with Crippen molar-refractivity contribution in [1.82, 2.24) is 19.9 Å². The summed E-state index contributed by atoms with van der Waals surface area (Å²) in [5.41, 5.74) is 2.19. The van der Waals surface area contributed by atoms with Crippen LogP contribution in [-0.4, -0.2) is 52.8 Å². The van der Waals surface area contributed by atoms with Gasteiger partial charge in [-0.15, -0.1) is 0 Å². The Labute approximate surface area is 239 Å². The Kier molecular flexibility index (Phi) is 7.93. The summed E-state index contributed by atoms with van der Waals surface area (Å²) in [4.78, 5) is 25.6. The fraction of sp³-hybridized carbons (Fsp3) is 0.333. The second-order valence-corrected chi connectivity index (χ2v) is 12.3. The van der Waals surface area contributed by atoms with E-state index in [1.807, 2.05) is 45.2 Å². The molecule has 3 heterocycles. The summed E-state index contributed by atoms with van der Waals surface area (Å²) in [5.74, 6) is 4.24. The van der Waals surface area contributed by atoms with Crippen LogP contribution >= 0.6 is 10.5 Å². The van der Waals surface area contributed by atoms with E-state index in [1.165, 1.54) is 6.07 Å². The maximum atomic E-state index is 14.0. The predicted molar refractivity (Wildman–Crippen MR) is 163 cm³/mol. The Hall–Kier alpha value is -3.70. The minimum Gasteiger partial charge on any atom is -0.368 e. The van der Waals surface area contributed by atoms with E-state index in [0.717, 1.165) is 22.1 Å². The van der Waals surface area contributed by atoms with Crippen LogP contribution in [0.4, 0.5) is 30.5 Å². The van der Waals surface area contributed by atoms with Gasteiger partial charge in [0, 0.05) is 65.6 Å². The van der Waals surface area contributed by atoms with Crippen LogP contribution in [0, 0.1) is 6.92 Å². The number of hydrogen-bond acceptors (Lipinski definition) is 6. The number of aromatic nitrogens is 3. The lowest BCUT2D eigenvalue weighted by molar-refractivity contribution is -0.137. The van der Waals surface area contributed by atoms with E-state index in [2.05, 4.69) is 26.5 Å². The number of hydrogen-bond donors (Lipinski definition) is 2. The first-order chi connectivity index (χ1) is 19.4. The number of fused-ring (bicyclic) bond motifs is 1. The van der Waals surface area contributed by atoms with Crippen molar-refractivity contribution in [1.29, 1.82) is 0 Å². The second kappa shape index (κ2) is 11.3. The third-order valence-electron chi connectivity index (χ3n) is 7.21. The molecule has 0 bridgehead atoms. The van der Waals surface area contributed by atoms with Gasteiger partial charge in [-0.3, -0.25) is 9.36 Å². The molecule has 2 N–H and O–H groups in total. The molecule has 0 aliphatic carbocycles. The predicted octanol–water partition coefficient (Wildman–Crippen LogP) is 6.21. The van der Waals surface area contributed by atoms with Gasteiger partial charge in [-0.2, -0.15) is 28.6 Å². The molecule has 0 saturated carbocycles. The Balaban J connectivity index is 1.57. The Morgan fingerprint density at radius 1 is 1.07 bits per heavy atom. The van der Waals surface area contributed by atoms with Crippen LogP contribution in [0.2, 0.25) is 0 Å². The van der Waals surface area contributed by atoms with Crippen LogP contribution in [0.25, 0.3) is 22.2 Å². The number of piperazine rings is 1. The van der Waals surface area contributed by atoms with Gasteiger partial charge in [-0.25, -0.2) is 4.98 Å². The van der Waals surface area contributed by atoms with Gasteiger partial charge < -0.3 is 15.5 Å². The van der Waals surface area contributed by atoms with E-state index in [9.17, 15) is 18.0 Å². The zero-order valence-corrected chi connectivity index (χ0v) is 24.3. The van der Waals surface area contributed by atoms with Crippen LogP contribution in [0.15, 0.2) is 58.4 Å². The maximum Gasteiger partial charge on any atom is 0.418 e. The molecule has 0 radical (unpaired) electrons. The van der Waals surface area contributed by atoms with Gasteiger partial charge in [0.25, 0.3) is 5.56 Å². The van der Waals surface area contributed by atoms with Crippen molar-refractivity contribution in [3.8, 4) is 11.1 Å². The summed E-state index contributed by atoms with van der Waals surface area (Å²) in [7, 11) is -0.220. The van der Waals surface area contributed by atoms with E-state index >= 15 is 0 Å². The summed E-state index contributed by atoms with van der Waals surface area (Å²) in [5, 5.41) is 6.74. The van der Waals surface area contributed by atoms with Crippen LogP contribution in [0.5, 0.6) is 0 Å². The molecular formula is C30H33F3N6OS. The fourth-order valence-corrected chi connectivity index (χ4v) is 5.73. The third-order valence-corrected chi connectivity index (χ3v) is 8.27. The highest BCUT2D eigenvalue weighted by Gasteiger charge is 2.35. The van der Waals surface area contributed by atoms with E-state index < -0.39 is 11.7 Å². The molecule has 1 unspecified atom stereocenters. The smallest absolute Gasteiger partial charge is 0.368 e. The van der Waals surface area contributed by atoms with Crippen molar-refractivity contribution < 1.29 is 13.2 Å². The second-order valence-electron chi connectivity index (χ2n) is 10.5. The molecule has 1 atom stereocenters. The zero-order chi connectivity index (χ0) is 29.5. The lowest BCUT2D eigenvalue weighted by Gasteiger charge is -2.31. The highest BCUT2D eigenvalue weighted by molar-refractivity contribution is 8.13. The zero-order valence-electron chi connectivity index (χ0n) is 23.5. The van der Waals surface area contributed by atoms with E-state index in [0.29, 0.717) is 42.8 Å². The molecule has 0 amide bonds. The van der Waals surface area contributed by atoms with Gasteiger partial charge in [-0.05, 0) is 74.6 Å². The Morgan fingerprint density at radius 2 is 1.80 bits per heavy atom. The standard InChI is InChI=1S/C30H33F3N6OS/c1-18(2)39-27-20(14-24(28(39)40)23-16-22(41(4)5)8-6-19(23)3)17-35-29(37-27)36-21-7-9-26(25(15-21)30(31,32)33)38-12-10-34-11-13-38/h6-9,14-18,34H,4,10-13H2,1-3,5H3,(H,35,36,37). The number of anilines is 3. The van der Waals surface area contributed by atoms with Crippen molar-refractivity contribution in [2.24, 2.45) is 0 Å². The largest absolute Gasteiger partial charge is 0.418 e. The lowest BCUT2D eigenvalue weighted by Crippen LogP contribution is -2.44. The SMILES string of the molecule is C=S(C)c1ccc(C)c(-c2cc3cnc(Nc4ccc(N5CCNCC5)c(C(F)(F)F)c4)nc3n(C(C)C)c2=O)c1. The fourth-order valence-electron chi connectivity index (χ4n) is 5.11. The third kappa shape index (κ3) is 5.87. The maximum absolute atomic E-state index is 14.0. The molecule has 7 nitrogen and oxygen atoms in total. The number of aryl methyl sites for hydroxylation is 1. The molecule has 0 spiro atoms. The molecule has 41 heavy (non-hydrogen) atoms.